The van der Waals surface area contributed by atoms with Crippen LogP contribution in [0.5, 0.6) is 5.88 Å². The topological polar surface area (TPSA) is 64.3 Å². The maximum atomic E-state index is 13.2. The molecule has 3 aliphatic heterocycles. The predicted molar refractivity (Wildman–Crippen MR) is 128 cm³/mol. The molecule has 2 bridgehead atoms. The molecule has 7 heteroatoms. The minimum Gasteiger partial charge on any atom is -0.474 e. The second kappa shape index (κ2) is 9.26. The number of rotatable bonds is 6. The Labute approximate surface area is 196 Å². The minimum atomic E-state index is 0.0371. The van der Waals surface area contributed by atoms with Crippen molar-refractivity contribution in [3.63, 3.8) is 0 Å². The van der Waals surface area contributed by atoms with E-state index in [1.165, 1.54) is 45.3 Å². The van der Waals surface area contributed by atoms with Crippen molar-refractivity contribution in [3.8, 4) is 11.6 Å². The summed E-state index contributed by atoms with van der Waals surface area (Å²) < 4.78 is 9.62. The summed E-state index contributed by atoms with van der Waals surface area (Å²) in [5.74, 6) is 1.53. The molecule has 2 aromatic heterocycles. The van der Waals surface area contributed by atoms with Gasteiger partial charge in [0.1, 0.15) is 6.10 Å². The molecule has 5 heterocycles. The molecule has 5 aliphatic rings. The van der Waals surface area contributed by atoms with Crippen molar-refractivity contribution in [2.24, 2.45) is 5.92 Å². The molecule has 1 N–H and O–H groups in total. The smallest absolute Gasteiger partial charge is 0.333 e. The van der Waals surface area contributed by atoms with Crippen molar-refractivity contribution >= 4 is 0 Å². The van der Waals surface area contributed by atoms with Crippen LogP contribution in [0.1, 0.15) is 70.3 Å². The van der Waals surface area contributed by atoms with Gasteiger partial charge in [-0.15, -0.1) is 0 Å². The third kappa shape index (κ3) is 4.50. The normalized spacial score (nSPS) is 32.3. The van der Waals surface area contributed by atoms with Crippen LogP contribution in [-0.2, 0) is 0 Å². The average molecular weight is 452 g/mol. The van der Waals surface area contributed by atoms with Crippen LogP contribution in [0.2, 0.25) is 0 Å². The standard InChI is InChI=1S/C26H37N5O2/c32-26-30(15-16-31(26)22-9-10-25(27-17-22)33-23-3-1-2-4-23)21-7-5-20(6-8-21)28-24-18-29-13-11-19(24)12-14-29/h9-10,15-17,19-21,23-24,28H,1-8,11-14,18H2. The van der Waals surface area contributed by atoms with Gasteiger partial charge in [0, 0.05) is 43.1 Å². The Morgan fingerprint density at radius 1 is 0.939 bits per heavy atom. The Bertz CT molecular complexity index is 977. The van der Waals surface area contributed by atoms with Gasteiger partial charge in [-0.1, -0.05) is 0 Å². The summed E-state index contributed by atoms with van der Waals surface area (Å²) in [6, 6.07) is 5.40. The third-order valence-corrected chi connectivity index (χ3v) is 8.59. The number of pyridine rings is 1. The summed E-state index contributed by atoms with van der Waals surface area (Å²) in [4.78, 5) is 20.2. The maximum absolute atomic E-state index is 13.2. The van der Waals surface area contributed by atoms with E-state index in [4.69, 9.17) is 4.74 Å². The SMILES string of the molecule is O=c1n(-c2ccc(OC3CCCC3)nc2)ccn1C1CCC(NC2CN3CCC2CC3)CC1. The van der Waals surface area contributed by atoms with Crippen LogP contribution >= 0.6 is 0 Å². The average Bonchev–Trinajstić information content (AvgIpc) is 3.51. The van der Waals surface area contributed by atoms with E-state index in [1.807, 2.05) is 29.1 Å². The van der Waals surface area contributed by atoms with Crippen LogP contribution in [0.4, 0.5) is 0 Å². The first kappa shape index (κ1) is 21.4. The number of hydrogen-bond donors (Lipinski definition) is 1. The van der Waals surface area contributed by atoms with Crippen LogP contribution < -0.4 is 15.7 Å². The van der Waals surface area contributed by atoms with E-state index < -0.39 is 0 Å². The van der Waals surface area contributed by atoms with Crippen molar-refractivity contribution in [3.05, 3.63) is 41.2 Å². The minimum absolute atomic E-state index is 0.0371. The first-order valence-electron chi connectivity index (χ1n) is 13.1. The van der Waals surface area contributed by atoms with Gasteiger partial charge in [-0.2, -0.15) is 0 Å². The molecule has 33 heavy (non-hydrogen) atoms. The monoisotopic (exact) mass is 451 g/mol. The highest BCUT2D eigenvalue weighted by Gasteiger charge is 2.35. The molecule has 0 radical (unpaired) electrons. The molecule has 5 fully saturated rings. The lowest BCUT2D eigenvalue weighted by Crippen LogP contribution is -2.58. The van der Waals surface area contributed by atoms with Gasteiger partial charge in [0.25, 0.3) is 0 Å². The first-order valence-corrected chi connectivity index (χ1v) is 13.1. The van der Waals surface area contributed by atoms with Gasteiger partial charge >= 0.3 is 5.69 Å². The van der Waals surface area contributed by atoms with Gasteiger partial charge in [-0.05, 0) is 89.3 Å². The number of imidazole rings is 1. The molecule has 1 atom stereocenters. The van der Waals surface area contributed by atoms with E-state index in [2.05, 4.69) is 15.2 Å². The van der Waals surface area contributed by atoms with Crippen molar-refractivity contribution in [2.45, 2.75) is 88.4 Å². The van der Waals surface area contributed by atoms with Gasteiger partial charge in [-0.25, -0.2) is 9.78 Å². The van der Waals surface area contributed by atoms with E-state index in [0.29, 0.717) is 30.1 Å². The Morgan fingerprint density at radius 2 is 1.73 bits per heavy atom. The van der Waals surface area contributed by atoms with E-state index >= 15 is 0 Å². The number of ether oxygens (including phenoxy) is 1. The molecule has 2 aromatic rings. The fraction of sp³-hybridized carbons (Fsp3) is 0.692. The summed E-state index contributed by atoms with van der Waals surface area (Å²) in [6.07, 6.45) is 17.7. The lowest BCUT2D eigenvalue weighted by atomic mass is 9.82. The lowest BCUT2D eigenvalue weighted by molar-refractivity contribution is 0.0627. The molecule has 2 saturated carbocycles. The molecule has 3 saturated heterocycles. The number of hydrogen-bond acceptors (Lipinski definition) is 5. The summed E-state index contributed by atoms with van der Waals surface area (Å²) in [5, 5.41) is 3.98. The number of fused-ring (bicyclic) bond motifs is 3. The molecule has 7 nitrogen and oxygen atoms in total. The quantitative estimate of drug-likeness (QED) is 0.728. The zero-order valence-corrected chi connectivity index (χ0v) is 19.6. The molecule has 0 aromatic carbocycles. The highest BCUT2D eigenvalue weighted by atomic mass is 16.5. The van der Waals surface area contributed by atoms with Crippen LogP contribution in [0.15, 0.2) is 35.5 Å². The summed E-state index contributed by atoms with van der Waals surface area (Å²) in [6.45, 7) is 3.81. The van der Waals surface area contributed by atoms with Gasteiger partial charge in [0.2, 0.25) is 5.88 Å². The highest BCUT2D eigenvalue weighted by molar-refractivity contribution is 5.31. The van der Waals surface area contributed by atoms with Crippen molar-refractivity contribution in [1.82, 2.24) is 24.3 Å². The first-order chi connectivity index (χ1) is 16.2. The zero-order valence-electron chi connectivity index (χ0n) is 19.6. The largest absolute Gasteiger partial charge is 0.474 e. The molecular weight excluding hydrogens is 414 g/mol. The van der Waals surface area contributed by atoms with Crippen LogP contribution in [0.3, 0.4) is 0 Å². The van der Waals surface area contributed by atoms with Gasteiger partial charge < -0.3 is 15.0 Å². The van der Waals surface area contributed by atoms with Gasteiger partial charge in [-0.3, -0.25) is 9.13 Å². The number of piperidine rings is 3. The zero-order chi connectivity index (χ0) is 22.2. The van der Waals surface area contributed by atoms with E-state index in [0.717, 1.165) is 50.1 Å². The van der Waals surface area contributed by atoms with Gasteiger partial charge in [0.15, 0.2) is 0 Å². The predicted octanol–water partition coefficient (Wildman–Crippen LogP) is 3.52. The number of aromatic nitrogens is 3. The molecule has 7 rings (SSSR count). The Morgan fingerprint density at radius 3 is 2.39 bits per heavy atom. The van der Waals surface area contributed by atoms with Crippen LogP contribution in [0, 0.1) is 5.92 Å². The molecule has 2 aliphatic carbocycles. The fourth-order valence-corrected chi connectivity index (χ4v) is 6.60. The van der Waals surface area contributed by atoms with Crippen molar-refractivity contribution in [2.75, 3.05) is 19.6 Å². The molecule has 0 amide bonds. The highest BCUT2D eigenvalue weighted by Crippen LogP contribution is 2.32. The van der Waals surface area contributed by atoms with E-state index in [-0.39, 0.29) is 5.69 Å². The number of nitrogens with zero attached hydrogens (tertiary/aromatic N) is 4. The fourth-order valence-electron chi connectivity index (χ4n) is 6.60. The lowest BCUT2D eigenvalue weighted by Gasteiger charge is -2.47. The van der Waals surface area contributed by atoms with Gasteiger partial charge in [0.05, 0.1) is 11.9 Å². The summed E-state index contributed by atoms with van der Waals surface area (Å²) >= 11 is 0. The van der Waals surface area contributed by atoms with Crippen LogP contribution in [0.25, 0.3) is 5.69 Å². The molecular formula is C26H37N5O2. The molecule has 1 unspecified atom stereocenters. The second-order valence-corrected chi connectivity index (χ2v) is 10.7. The summed E-state index contributed by atoms with van der Waals surface area (Å²) in [5.41, 5.74) is 0.838. The Kier molecular flexibility index (Phi) is 6.01. The third-order valence-electron chi connectivity index (χ3n) is 8.59. The van der Waals surface area contributed by atoms with Crippen LogP contribution in [-0.4, -0.2) is 56.8 Å². The van der Waals surface area contributed by atoms with Crippen molar-refractivity contribution in [1.29, 1.82) is 0 Å². The van der Waals surface area contributed by atoms with Crippen molar-refractivity contribution < 1.29 is 4.74 Å². The second-order valence-electron chi connectivity index (χ2n) is 10.7. The van der Waals surface area contributed by atoms with E-state index in [1.54, 1.807) is 10.8 Å². The Hall–Kier alpha value is -2.12. The molecule has 0 spiro atoms. The molecule has 178 valence electrons. The number of nitrogens with one attached hydrogen (secondary N) is 1. The van der Waals surface area contributed by atoms with E-state index in [9.17, 15) is 4.79 Å². The maximum Gasteiger partial charge on any atom is 0.333 e. The summed E-state index contributed by atoms with van der Waals surface area (Å²) in [7, 11) is 0. The Balaban J connectivity index is 1.06.